The summed E-state index contributed by atoms with van der Waals surface area (Å²) in [4.78, 5) is 17.0. The van der Waals surface area contributed by atoms with Crippen LogP contribution in [-0.4, -0.2) is 27.2 Å². The molecule has 0 spiro atoms. The first-order valence-electron chi connectivity index (χ1n) is 10.4. The molecule has 1 heterocycles. The molecule has 1 amide bonds. The van der Waals surface area contributed by atoms with Crippen molar-refractivity contribution < 1.29 is 19.1 Å². The van der Waals surface area contributed by atoms with Gasteiger partial charge in [0.25, 0.3) is 5.91 Å². The molecule has 0 saturated carbocycles. The summed E-state index contributed by atoms with van der Waals surface area (Å²) < 4.78 is 11.5. The quantitative estimate of drug-likeness (QED) is 0.270. The zero-order valence-electron chi connectivity index (χ0n) is 18.4. The van der Waals surface area contributed by atoms with Gasteiger partial charge in [-0.05, 0) is 87.1 Å². The van der Waals surface area contributed by atoms with Crippen LogP contribution in [0.3, 0.4) is 0 Å². The molecule has 0 saturated heterocycles. The summed E-state index contributed by atoms with van der Waals surface area (Å²) in [5.74, 6) is 0.540. The van der Waals surface area contributed by atoms with Gasteiger partial charge in [0.2, 0.25) is 5.89 Å². The van der Waals surface area contributed by atoms with Gasteiger partial charge in [-0.1, -0.05) is 12.1 Å². The Labute approximate surface area is 196 Å². The number of oxazole rings is 1. The number of hydrogen-bond acceptors (Lipinski definition) is 6. The van der Waals surface area contributed by atoms with Crippen molar-refractivity contribution in [3.63, 3.8) is 0 Å². The highest BCUT2D eigenvalue weighted by Gasteiger charge is 2.15. The lowest BCUT2D eigenvalue weighted by Gasteiger charge is -2.12. The smallest absolute Gasteiger partial charge is 0.257 e. The van der Waals surface area contributed by atoms with E-state index in [1.165, 1.54) is 6.07 Å². The molecule has 0 unspecified atom stereocenters. The summed E-state index contributed by atoms with van der Waals surface area (Å²) in [7, 11) is 0. The number of benzene rings is 3. The fourth-order valence-corrected chi connectivity index (χ4v) is 3.46. The number of phenols is 1. The lowest BCUT2D eigenvalue weighted by Crippen LogP contribution is -2.34. The molecule has 7 nitrogen and oxygen atoms in total. The van der Waals surface area contributed by atoms with Crippen LogP contribution in [0, 0.1) is 6.92 Å². The summed E-state index contributed by atoms with van der Waals surface area (Å²) in [6.07, 6.45) is 0.0000129. The minimum Gasteiger partial charge on any atom is -0.507 e. The van der Waals surface area contributed by atoms with Gasteiger partial charge in [-0.15, -0.1) is 0 Å². The third kappa shape index (κ3) is 5.30. The summed E-state index contributed by atoms with van der Waals surface area (Å²) in [5.41, 5.74) is 3.76. The van der Waals surface area contributed by atoms with Crippen LogP contribution in [0.5, 0.6) is 11.5 Å². The number of aromatic nitrogens is 1. The summed E-state index contributed by atoms with van der Waals surface area (Å²) in [6.45, 7) is 5.80. The Hall–Kier alpha value is -3.91. The van der Waals surface area contributed by atoms with Crippen molar-refractivity contribution in [2.75, 3.05) is 5.32 Å². The highest BCUT2D eigenvalue weighted by Crippen LogP contribution is 2.33. The molecule has 0 bridgehead atoms. The minimum atomic E-state index is -0.366. The Morgan fingerprint density at radius 1 is 1.12 bits per heavy atom. The molecule has 168 valence electrons. The normalized spacial score (nSPS) is 10.9. The van der Waals surface area contributed by atoms with E-state index in [0.29, 0.717) is 33.7 Å². The number of phenolic OH excluding ortho intramolecular Hbond substituents is 1. The predicted molar refractivity (Wildman–Crippen MR) is 132 cm³/mol. The molecule has 0 aliphatic rings. The largest absolute Gasteiger partial charge is 0.507 e. The molecular formula is C25H23N3O4S. The molecular weight excluding hydrogens is 438 g/mol. The van der Waals surface area contributed by atoms with E-state index in [9.17, 15) is 9.90 Å². The van der Waals surface area contributed by atoms with Crippen molar-refractivity contribution in [3.8, 4) is 23.0 Å². The van der Waals surface area contributed by atoms with Crippen LogP contribution >= 0.6 is 12.2 Å². The number of anilines is 1. The van der Waals surface area contributed by atoms with Crippen molar-refractivity contribution in [1.82, 2.24) is 10.3 Å². The highest BCUT2D eigenvalue weighted by atomic mass is 32.1. The van der Waals surface area contributed by atoms with Gasteiger partial charge >= 0.3 is 0 Å². The van der Waals surface area contributed by atoms with Crippen LogP contribution < -0.4 is 15.4 Å². The van der Waals surface area contributed by atoms with Crippen molar-refractivity contribution in [2.45, 2.75) is 26.9 Å². The van der Waals surface area contributed by atoms with Crippen LogP contribution in [-0.2, 0) is 0 Å². The predicted octanol–water partition coefficient (Wildman–Crippen LogP) is 5.42. The second kappa shape index (κ2) is 9.30. The number of amides is 1. The number of rotatable bonds is 5. The Balaban J connectivity index is 1.49. The average molecular weight is 462 g/mol. The van der Waals surface area contributed by atoms with Gasteiger partial charge < -0.3 is 19.6 Å². The van der Waals surface area contributed by atoms with Crippen molar-refractivity contribution >= 4 is 40.0 Å². The van der Waals surface area contributed by atoms with E-state index in [4.69, 9.17) is 21.4 Å². The fraction of sp³-hybridized carbons (Fsp3) is 0.160. The number of carbonyl (C=O) groups excluding carboxylic acids is 1. The van der Waals surface area contributed by atoms with Gasteiger partial charge in [0.15, 0.2) is 10.7 Å². The molecule has 8 heteroatoms. The zero-order chi connectivity index (χ0) is 23.5. The maximum atomic E-state index is 12.6. The van der Waals surface area contributed by atoms with Crippen LogP contribution in [0.1, 0.15) is 29.8 Å². The maximum Gasteiger partial charge on any atom is 0.257 e. The van der Waals surface area contributed by atoms with Crippen LogP contribution in [0.4, 0.5) is 5.69 Å². The molecule has 0 fully saturated rings. The van der Waals surface area contributed by atoms with E-state index in [1.54, 1.807) is 36.4 Å². The van der Waals surface area contributed by atoms with E-state index in [2.05, 4.69) is 15.6 Å². The molecule has 4 rings (SSSR count). The molecule has 3 aromatic carbocycles. The molecule has 0 atom stereocenters. The molecule has 0 aliphatic heterocycles. The first kappa shape index (κ1) is 22.3. The number of thiocarbonyl (C=S) groups is 1. The molecule has 4 aromatic rings. The summed E-state index contributed by atoms with van der Waals surface area (Å²) >= 11 is 5.30. The zero-order valence-corrected chi connectivity index (χ0v) is 19.2. The Morgan fingerprint density at radius 2 is 1.94 bits per heavy atom. The Kier molecular flexibility index (Phi) is 6.28. The van der Waals surface area contributed by atoms with Crippen LogP contribution in [0.25, 0.3) is 22.6 Å². The van der Waals surface area contributed by atoms with Crippen LogP contribution in [0.2, 0.25) is 0 Å². The van der Waals surface area contributed by atoms with E-state index < -0.39 is 0 Å². The molecule has 0 aliphatic carbocycles. The second-order valence-electron chi connectivity index (χ2n) is 7.82. The monoisotopic (exact) mass is 461 g/mol. The first-order chi connectivity index (χ1) is 15.8. The minimum absolute atomic E-state index is 0.0000129. The SMILES string of the molecule is Cc1ccc2nc(-c3cc(NC(=S)NC(=O)c4cccc(OC(C)C)c4)ccc3O)oc2c1. The summed E-state index contributed by atoms with van der Waals surface area (Å²) in [6, 6.07) is 17.4. The molecule has 0 radical (unpaired) electrons. The van der Waals surface area contributed by atoms with E-state index >= 15 is 0 Å². The van der Waals surface area contributed by atoms with Gasteiger partial charge in [-0.25, -0.2) is 4.98 Å². The second-order valence-corrected chi connectivity index (χ2v) is 8.23. The number of aryl methyl sites for hydroxylation is 1. The van der Waals surface area contributed by atoms with Crippen molar-refractivity contribution in [3.05, 3.63) is 71.8 Å². The summed E-state index contributed by atoms with van der Waals surface area (Å²) in [5, 5.41) is 16.1. The van der Waals surface area contributed by atoms with Gasteiger partial charge in [0, 0.05) is 11.3 Å². The number of aromatic hydroxyl groups is 1. The molecule has 1 aromatic heterocycles. The van der Waals surface area contributed by atoms with E-state index in [1.807, 2.05) is 39.0 Å². The lowest BCUT2D eigenvalue weighted by molar-refractivity contribution is 0.0977. The average Bonchev–Trinajstić information content (AvgIpc) is 3.17. The lowest BCUT2D eigenvalue weighted by atomic mass is 10.1. The Morgan fingerprint density at radius 3 is 2.73 bits per heavy atom. The van der Waals surface area contributed by atoms with Crippen molar-refractivity contribution in [1.29, 1.82) is 0 Å². The third-order valence-electron chi connectivity index (χ3n) is 4.72. The molecule has 3 N–H and O–H groups in total. The standard InChI is InChI=1S/C25H23N3O4S/c1-14(2)31-18-6-4-5-16(12-18)23(30)28-25(33)26-17-8-10-21(29)19(13-17)24-27-20-9-7-15(3)11-22(20)32-24/h4-14,29H,1-3H3,(H2,26,28,30,33). The van der Waals surface area contributed by atoms with Crippen molar-refractivity contribution in [2.24, 2.45) is 0 Å². The fourth-order valence-electron chi connectivity index (χ4n) is 3.25. The van der Waals surface area contributed by atoms with Gasteiger partial charge in [-0.2, -0.15) is 0 Å². The maximum absolute atomic E-state index is 12.6. The number of ether oxygens (including phenoxy) is 1. The van der Waals surface area contributed by atoms with E-state index in [0.717, 1.165) is 5.56 Å². The van der Waals surface area contributed by atoms with E-state index in [-0.39, 0.29) is 28.8 Å². The third-order valence-corrected chi connectivity index (χ3v) is 4.93. The van der Waals surface area contributed by atoms with Gasteiger partial charge in [-0.3, -0.25) is 10.1 Å². The number of hydrogen-bond donors (Lipinski definition) is 3. The highest BCUT2D eigenvalue weighted by molar-refractivity contribution is 7.80. The molecule has 33 heavy (non-hydrogen) atoms. The number of carbonyl (C=O) groups is 1. The topological polar surface area (TPSA) is 96.6 Å². The number of nitrogens with one attached hydrogen (secondary N) is 2. The first-order valence-corrected chi connectivity index (χ1v) is 10.8. The van der Waals surface area contributed by atoms with Gasteiger partial charge in [0.1, 0.15) is 17.0 Å². The van der Waals surface area contributed by atoms with Gasteiger partial charge in [0.05, 0.1) is 11.7 Å². The van der Waals surface area contributed by atoms with Crippen LogP contribution in [0.15, 0.2) is 65.1 Å². The number of fused-ring (bicyclic) bond motifs is 1. The number of nitrogens with zero attached hydrogens (tertiary/aromatic N) is 1. The Bertz CT molecular complexity index is 1350.